The van der Waals surface area contributed by atoms with Crippen molar-refractivity contribution in [3.05, 3.63) is 69.1 Å². The van der Waals surface area contributed by atoms with E-state index in [1.807, 2.05) is 13.0 Å². The maximum Gasteiger partial charge on any atom is 0.347 e. The Hall–Kier alpha value is -2.86. The van der Waals surface area contributed by atoms with E-state index in [9.17, 15) is 9.59 Å². The lowest BCUT2D eigenvalue weighted by molar-refractivity contribution is 0.0599. The monoisotopic (exact) mass is 343 g/mol. The Bertz CT molecular complexity index is 998. The molecule has 3 rings (SSSR count). The first-order valence-corrected chi connectivity index (χ1v) is 7.52. The number of methoxy groups -OCH3 is 1. The lowest BCUT2D eigenvalue weighted by atomic mass is 10.2. The van der Waals surface area contributed by atoms with Gasteiger partial charge in [-0.05, 0) is 36.8 Å². The number of esters is 1. The fraction of sp³-hybridized carbons (Fsp3) is 0.118. The average Bonchev–Trinajstić information content (AvgIpc) is 2.56. The number of fused-ring (bicyclic) bond motifs is 1. The molecular weight excluding hydrogens is 330 g/mol. The van der Waals surface area contributed by atoms with Gasteiger partial charge in [0.1, 0.15) is 5.65 Å². The van der Waals surface area contributed by atoms with Crippen molar-refractivity contribution < 1.29 is 9.53 Å². The summed E-state index contributed by atoms with van der Waals surface area (Å²) in [5.74, 6) is -0.628. The molecule has 2 heterocycles. The molecule has 0 bridgehead atoms. The Labute approximate surface area is 142 Å². The summed E-state index contributed by atoms with van der Waals surface area (Å²) in [6.07, 6.45) is 1.56. The van der Waals surface area contributed by atoms with E-state index in [4.69, 9.17) is 16.3 Å². The SMILES string of the molecule is COC(=O)c1c(Nc2cccc(Cl)c2)nc2c(C)cccn2c1=O. The third-order valence-corrected chi connectivity index (χ3v) is 3.76. The molecule has 0 atom stereocenters. The predicted octanol–water partition coefficient (Wildman–Crippen LogP) is 3.19. The molecule has 3 aromatic rings. The van der Waals surface area contributed by atoms with Crippen LogP contribution < -0.4 is 10.9 Å². The second kappa shape index (κ2) is 6.33. The molecule has 1 N–H and O–H groups in total. The number of benzene rings is 1. The highest BCUT2D eigenvalue weighted by atomic mass is 35.5. The first kappa shape index (κ1) is 16.0. The van der Waals surface area contributed by atoms with Gasteiger partial charge in [0, 0.05) is 16.9 Å². The lowest BCUT2D eigenvalue weighted by Gasteiger charge is -2.12. The quantitative estimate of drug-likeness (QED) is 0.739. The highest BCUT2D eigenvalue weighted by Crippen LogP contribution is 2.22. The first-order valence-electron chi connectivity index (χ1n) is 7.14. The molecule has 0 saturated carbocycles. The highest BCUT2D eigenvalue weighted by Gasteiger charge is 2.21. The van der Waals surface area contributed by atoms with Gasteiger partial charge in [-0.15, -0.1) is 0 Å². The van der Waals surface area contributed by atoms with E-state index >= 15 is 0 Å². The number of ether oxygens (including phenoxy) is 1. The number of halogens is 1. The molecule has 0 spiro atoms. The zero-order valence-corrected chi connectivity index (χ0v) is 13.8. The van der Waals surface area contributed by atoms with Crippen molar-refractivity contribution in [2.24, 2.45) is 0 Å². The summed E-state index contributed by atoms with van der Waals surface area (Å²) in [5.41, 5.74) is 1.21. The van der Waals surface area contributed by atoms with Gasteiger partial charge in [0.15, 0.2) is 11.4 Å². The van der Waals surface area contributed by atoms with Crippen molar-refractivity contribution in [1.29, 1.82) is 0 Å². The Balaban J connectivity index is 2.26. The van der Waals surface area contributed by atoms with Crippen molar-refractivity contribution in [1.82, 2.24) is 9.38 Å². The molecule has 6 nitrogen and oxygen atoms in total. The largest absolute Gasteiger partial charge is 0.465 e. The van der Waals surface area contributed by atoms with E-state index in [2.05, 4.69) is 10.3 Å². The summed E-state index contributed by atoms with van der Waals surface area (Å²) >= 11 is 5.97. The van der Waals surface area contributed by atoms with Crippen LogP contribution in [0.1, 0.15) is 15.9 Å². The third-order valence-electron chi connectivity index (χ3n) is 3.53. The maximum atomic E-state index is 12.7. The molecule has 122 valence electrons. The summed E-state index contributed by atoms with van der Waals surface area (Å²) in [7, 11) is 1.22. The first-order chi connectivity index (χ1) is 11.5. The van der Waals surface area contributed by atoms with Crippen molar-refractivity contribution in [3.8, 4) is 0 Å². The number of aryl methyl sites for hydroxylation is 1. The van der Waals surface area contributed by atoms with Gasteiger partial charge < -0.3 is 10.1 Å². The molecule has 7 heteroatoms. The standard InChI is InChI=1S/C17H14ClN3O3/c1-10-5-4-8-21-15(10)20-14(13(16(21)22)17(23)24-2)19-12-7-3-6-11(18)9-12/h3-9,19H,1-2H3. The van der Waals surface area contributed by atoms with Crippen LogP contribution in [0.25, 0.3) is 5.65 Å². The van der Waals surface area contributed by atoms with Crippen LogP contribution in [-0.2, 0) is 4.74 Å². The minimum absolute atomic E-state index is 0.128. The normalized spacial score (nSPS) is 10.6. The number of pyridine rings is 1. The molecular formula is C17H14ClN3O3. The number of anilines is 2. The maximum absolute atomic E-state index is 12.7. The van der Waals surface area contributed by atoms with Crippen LogP contribution in [0.3, 0.4) is 0 Å². The van der Waals surface area contributed by atoms with E-state index in [1.165, 1.54) is 11.5 Å². The zero-order valence-electron chi connectivity index (χ0n) is 13.0. The van der Waals surface area contributed by atoms with Gasteiger partial charge in [-0.25, -0.2) is 9.78 Å². The Morgan fingerprint density at radius 2 is 2.08 bits per heavy atom. The van der Waals surface area contributed by atoms with Crippen LogP contribution in [0, 0.1) is 6.92 Å². The van der Waals surface area contributed by atoms with Gasteiger partial charge >= 0.3 is 5.97 Å². The zero-order chi connectivity index (χ0) is 17.3. The van der Waals surface area contributed by atoms with Gasteiger partial charge in [0.2, 0.25) is 0 Å². The summed E-state index contributed by atoms with van der Waals surface area (Å²) in [5, 5.41) is 3.50. The fourth-order valence-corrected chi connectivity index (χ4v) is 2.57. The lowest BCUT2D eigenvalue weighted by Crippen LogP contribution is -2.26. The van der Waals surface area contributed by atoms with Gasteiger partial charge in [-0.3, -0.25) is 9.20 Å². The van der Waals surface area contributed by atoms with Crippen molar-refractivity contribution in [2.75, 3.05) is 12.4 Å². The number of rotatable bonds is 3. The van der Waals surface area contributed by atoms with E-state index in [-0.39, 0.29) is 11.4 Å². The van der Waals surface area contributed by atoms with Crippen molar-refractivity contribution >= 4 is 34.7 Å². The number of carbonyl (C=O) groups excluding carboxylic acids is 1. The molecule has 0 fully saturated rings. The smallest absolute Gasteiger partial charge is 0.347 e. The Kier molecular flexibility index (Phi) is 4.22. The third kappa shape index (κ3) is 2.83. The van der Waals surface area contributed by atoms with Gasteiger partial charge in [0.25, 0.3) is 5.56 Å². The van der Waals surface area contributed by atoms with Crippen LogP contribution in [0.5, 0.6) is 0 Å². The van der Waals surface area contributed by atoms with Crippen LogP contribution in [-0.4, -0.2) is 22.5 Å². The predicted molar refractivity (Wildman–Crippen MR) is 92.3 cm³/mol. The number of nitrogens with zero attached hydrogens (tertiary/aromatic N) is 2. The van der Waals surface area contributed by atoms with E-state index in [0.29, 0.717) is 16.4 Å². The topological polar surface area (TPSA) is 72.7 Å². The summed E-state index contributed by atoms with van der Waals surface area (Å²) in [6, 6.07) is 10.5. The van der Waals surface area contributed by atoms with E-state index in [1.54, 1.807) is 36.5 Å². The molecule has 0 saturated heterocycles. The molecule has 0 radical (unpaired) electrons. The van der Waals surface area contributed by atoms with Crippen LogP contribution in [0.15, 0.2) is 47.4 Å². The van der Waals surface area contributed by atoms with E-state index in [0.717, 1.165) is 5.56 Å². The van der Waals surface area contributed by atoms with Gasteiger partial charge in [-0.1, -0.05) is 23.7 Å². The second-order valence-electron chi connectivity index (χ2n) is 5.15. The number of hydrogen-bond acceptors (Lipinski definition) is 5. The molecule has 0 unspecified atom stereocenters. The van der Waals surface area contributed by atoms with Crippen LogP contribution in [0.4, 0.5) is 11.5 Å². The Morgan fingerprint density at radius 3 is 2.79 bits per heavy atom. The van der Waals surface area contributed by atoms with Crippen molar-refractivity contribution in [2.45, 2.75) is 6.92 Å². The highest BCUT2D eigenvalue weighted by molar-refractivity contribution is 6.30. The Morgan fingerprint density at radius 1 is 1.29 bits per heavy atom. The molecule has 2 aromatic heterocycles. The molecule has 0 amide bonds. The number of carbonyl (C=O) groups is 1. The van der Waals surface area contributed by atoms with E-state index < -0.39 is 11.5 Å². The summed E-state index contributed by atoms with van der Waals surface area (Å²) in [6.45, 7) is 1.84. The van der Waals surface area contributed by atoms with Crippen LogP contribution in [0.2, 0.25) is 5.02 Å². The summed E-state index contributed by atoms with van der Waals surface area (Å²) in [4.78, 5) is 29.3. The van der Waals surface area contributed by atoms with Crippen LogP contribution >= 0.6 is 11.6 Å². The van der Waals surface area contributed by atoms with Gasteiger partial charge in [-0.2, -0.15) is 0 Å². The summed E-state index contributed by atoms with van der Waals surface area (Å²) < 4.78 is 6.06. The molecule has 0 aliphatic rings. The van der Waals surface area contributed by atoms with Gasteiger partial charge in [0.05, 0.1) is 7.11 Å². The molecule has 24 heavy (non-hydrogen) atoms. The average molecular weight is 344 g/mol. The minimum atomic E-state index is -0.757. The number of hydrogen-bond donors (Lipinski definition) is 1. The minimum Gasteiger partial charge on any atom is -0.465 e. The number of nitrogens with one attached hydrogen (secondary N) is 1. The second-order valence-corrected chi connectivity index (χ2v) is 5.59. The molecule has 0 aliphatic carbocycles. The number of aromatic nitrogens is 2. The fourth-order valence-electron chi connectivity index (χ4n) is 2.38. The van der Waals surface area contributed by atoms with Crippen molar-refractivity contribution in [3.63, 3.8) is 0 Å². The molecule has 1 aromatic carbocycles. The molecule has 0 aliphatic heterocycles.